The molecule has 1 aromatic heterocycles. The first-order valence-corrected chi connectivity index (χ1v) is 14.4. The number of amides is 2. The van der Waals surface area contributed by atoms with Crippen molar-refractivity contribution in [2.24, 2.45) is 5.92 Å². The van der Waals surface area contributed by atoms with Gasteiger partial charge in [-0.3, -0.25) is 14.4 Å². The number of anilines is 1. The Balaban J connectivity index is 1.43. The van der Waals surface area contributed by atoms with E-state index >= 15 is 0 Å². The van der Waals surface area contributed by atoms with Gasteiger partial charge in [-0.1, -0.05) is 58.4 Å². The topological polar surface area (TPSA) is 88.7 Å². The van der Waals surface area contributed by atoms with Crippen molar-refractivity contribution in [3.63, 3.8) is 0 Å². The zero-order valence-corrected chi connectivity index (χ0v) is 23.5. The summed E-state index contributed by atoms with van der Waals surface area (Å²) in [6.07, 6.45) is 0. The van der Waals surface area contributed by atoms with E-state index in [1.807, 2.05) is 18.2 Å². The van der Waals surface area contributed by atoms with E-state index in [2.05, 4.69) is 4.98 Å². The smallest absolute Gasteiger partial charge is 0.305 e. The summed E-state index contributed by atoms with van der Waals surface area (Å²) in [6.45, 7) is 0.228. The van der Waals surface area contributed by atoms with Crippen molar-refractivity contribution >= 4 is 63.8 Å². The number of fused-ring (bicyclic) bond motifs is 2. The van der Waals surface area contributed by atoms with Crippen LogP contribution in [0.2, 0.25) is 10.0 Å². The molecule has 6 rings (SSSR count). The predicted molar refractivity (Wildman–Crippen MR) is 153 cm³/mol. The number of H-pyrrole nitrogens is 1. The van der Waals surface area contributed by atoms with Crippen LogP contribution in [-0.2, 0) is 16.2 Å². The largest absolute Gasteiger partial charge is 0.497 e. The van der Waals surface area contributed by atoms with Crippen LogP contribution in [0.15, 0.2) is 76.6 Å². The molecule has 0 saturated carbocycles. The Labute approximate surface area is 241 Å². The molecule has 3 heterocycles. The lowest BCUT2D eigenvalue weighted by atomic mass is 9.82. The molecule has 1 saturated heterocycles. The minimum absolute atomic E-state index is 0.228. The van der Waals surface area contributed by atoms with Crippen LogP contribution in [0.1, 0.15) is 21.9 Å². The number of hydrogen-bond acceptors (Lipinski definition) is 7. The highest BCUT2D eigenvalue weighted by molar-refractivity contribution is 8.00. The molecule has 2 aliphatic rings. The number of thiazole rings is 1. The van der Waals surface area contributed by atoms with Gasteiger partial charge in [0.1, 0.15) is 23.4 Å². The average Bonchev–Trinajstić information content (AvgIpc) is 3.42. The van der Waals surface area contributed by atoms with Gasteiger partial charge in [0, 0.05) is 26.4 Å². The van der Waals surface area contributed by atoms with E-state index in [1.165, 1.54) is 16.7 Å². The van der Waals surface area contributed by atoms with Gasteiger partial charge in [-0.25, -0.2) is 4.90 Å². The fraction of sp³-hybridized carbons (Fsp3) is 0.179. The van der Waals surface area contributed by atoms with Gasteiger partial charge in [0.05, 0.1) is 23.7 Å². The lowest BCUT2D eigenvalue weighted by Crippen LogP contribution is -2.32. The van der Waals surface area contributed by atoms with Crippen LogP contribution in [0.3, 0.4) is 0 Å². The van der Waals surface area contributed by atoms with Crippen molar-refractivity contribution in [1.29, 1.82) is 0 Å². The number of methoxy groups -OCH3 is 1. The van der Waals surface area contributed by atoms with Gasteiger partial charge in [-0.15, -0.1) is 0 Å². The number of hydrogen-bond donors (Lipinski definition) is 1. The summed E-state index contributed by atoms with van der Waals surface area (Å²) in [5.74, 6) is -0.961. The van der Waals surface area contributed by atoms with Gasteiger partial charge in [0.15, 0.2) is 0 Å². The molecular weight excluding hydrogens is 579 g/mol. The molecule has 0 radical (unpaired) electrons. The molecular formula is C28H20Cl2N2O5S2. The van der Waals surface area contributed by atoms with Gasteiger partial charge in [0.2, 0.25) is 11.8 Å². The number of carbonyl (C=O) groups excluding carboxylic acids is 2. The monoisotopic (exact) mass is 598 g/mol. The van der Waals surface area contributed by atoms with Crippen LogP contribution < -0.4 is 19.2 Å². The summed E-state index contributed by atoms with van der Waals surface area (Å²) in [7, 11) is 1.55. The summed E-state index contributed by atoms with van der Waals surface area (Å²) in [4.78, 5) is 44.6. The van der Waals surface area contributed by atoms with E-state index in [-0.39, 0.29) is 23.3 Å². The van der Waals surface area contributed by atoms with Crippen LogP contribution in [0, 0.1) is 5.92 Å². The van der Waals surface area contributed by atoms with Crippen LogP contribution in [-0.4, -0.2) is 29.2 Å². The van der Waals surface area contributed by atoms with Crippen molar-refractivity contribution in [3.05, 3.63) is 102 Å². The van der Waals surface area contributed by atoms with Gasteiger partial charge in [-0.2, -0.15) is 0 Å². The number of rotatable bonds is 6. The van der Waals surface area contributed by atoms with E-state index in [9.17, 15) is 14.4 Å². The molecule has 0 spiro atoms. The van der Waals surface area contributed by atoms with E-state index in [1.54, 1.807) is 55.6 Å². The SMILES string of the molecule is COc1ccc(N2C(=O)[C@H]3[C@H](c4cc(Cl)ccc4OCc4cccc(Cl)c4)c4sc(=O)[nH]c4S[C@H]3C2=O)cc1. The molecule has 0 aliphatic carbocycles. The van der Waals surface area contributed by atoms with Gasteiger partial charge < -0.3 is 14.5 Å². The lowest BCUT2D eigenvalue weighted by molar-refractivity contribution is -0.122. The van der Waals surface area contributed by atoms with Crippen molar-refractivity contribution in [2.75, 3.05) is 12.0 Å². The molecule has 1 fully saturated rings. The second kappa shape index (κ2) is 10.4. The molecule has 2 amide bonds. The highest BCUT2D eigenvalue weighted by Crippen LogP contribution is 2.54. The molecule has 2 aliphatic heterocycles. The third-order valence-corrected chi connectivity index (χ3v) is 9.62. The fourth-order valence-corrected chi connectivity index (χ4v) is 7.92. The number of carbonyl (C=O) groups is 2. The second-order valence-electron chi connectivity index (χ2n) is 9.06. The highest BCUT2D eigenvalue weighted by atomic mass is 35.5. The van der Waals surface area contributed by atoms with Crippen LogP contribution >= 0.6 is 46.3 Å². The van der Waals surface area contributed by atoms with Gasteiger partial charge in [0.25, 0.3) is 0 Å². The summed E-state index contributed by atoms with van der Waals surface area (Å²) in [5, 5.41) is 0.884. The van der Waals surface area contributed by atoms with Crippen molar-refractivity contribution in [1.82, 2.24) is 4.98 Å². The summed E-state index contributed by atoms with van der Waals surface area (Å²) in [6, 6.07) is 19.3. The van der Waals surface area contributed by atoms with E-state index in [0.29, 0.717) is 42.7 Å². The standard InChI is InChI=1S/C28H20Cl2N2O5S2/c1-36-18-8-6-17(7-9-18)32-26(33)22-21(23-25(31-28(35)39-23)38-24(22)27(32)34)19-12-16(30)5-10-20(19)37-13-14-3-2-4-15(29)11-14/h2-12,21-22,24H,13H2,1H3,(H,31,35)/t21-,22-,24+/m0/s1. The van der Waals surface area contributed by atoms with E-state index < -0.39 is 17.1 Å². The molecule has 3 atom stereocenters. The lowest BCUT2D eigenvalue weighted by Gasteiger charge is -2.31. The maximum Gasteiger partial charge on any atom is 0.305 e. The Morgan fingerprint density at radius 3 is 2.46 bits per heavy atom. The number of halogens is 2. The number of nitrogens with one attached hydrogen (secondary N) is 1. The van der Waals surface area contributed by atoms with Crippen LogP contribution in [0.5, 0.6) is 11.5 Å². The molecule has 7 nitrogen and oxygen atoms in total. The Hall–Kier alpha value is -3.24. The van der Waals surface area contributed by atoms with Gasteiger partial charge >= 0.3 is 4.87 Å². The number of benzene rings is 3. The van der Waals surface area contributed by atoms with Crippen molar-refractivity contribution < 1.29 is 19.1 Å². The van der Waals surface area contributed by atoms with Crippen LogP contribution in [0.25, 0.3) is 0 Å². The Morgan fingerprint density at radius 2 is 1.72 bits per heavy atom. The molecule has 0 unspecified atom stereocenters. The number of thioether (sulfide) groups is 1. The maximum atomic E-state index is 14.0. The van der Waals surface area contributed by atoms with Crippen molar-refractivity contribution in [3.8, 4) is 11.5 Å². The molecule has 198 valence electrons. The zero-order valence-electron chi connectivity index (χ0n) is 20.4. The molecule has 0 bridgehead atoms. The number of imide groups is 1. The van der Waals surface area contributed by atoms with Crippen molar-refractivity contribution in [2.45, 2.75) is 22.8 Å². The minimum atomic E-state index is -0.768. The first kappa shape index (κ1) is 26.0. The molecule has 11 heteroatoms. The fourth-order valence-electron chi connectivity index (χ4n) is 5.02. The Bertz CT molecular complexity index is 1650. The summed E-state index contributed by atoms with van der Waals surface area (Å²) in [5.41, 5.74) is 1.96. The third kappa shape index (κ3) is 4.74. The zero-order chi connectivity index (χ0) is 27.3. The summed E-state index contributed by atoms with van der Waals surface area (Å²) >= 11 is 14.8. The summed E-state index contributed by atoms with van der Waals surface area (Å²) < 4.78 is 11.4. The molecule has 1 N–H and O–H groups in total. The molecule has 39 heavy (non-hydrogen) atoms. The molecule has 4 aromatic rings. The number of aromatic nitrogens is 1. The maximum absolute atomic E-state index is 14.0. The third-order valence-electron chi connectivity index (χ3n) is 6.74. The number of aromatic amines is 1. The molecule has 3 aromatic carbocycles. The van der Waals surface area contributed by atoms with Crippen LogP contribution in [0.4, 0.5) is 5.69 Å². The second-order valence-corrected chi connectivity index (χ2v) is 12.1. The first-order chi connectivity index (χ1) is 18.8. The number of nitrogens with zero attached hydrogens (tertiary/aromatic N) is 1. The minimum Gasteiger partial charge on any atom is -0.497 e. The van der Waals surface area contributed by atoms with E-state index in [4.69, 9.17) is 32.7 Å². The van der Waals surface area contributed by atoms with Gasteiger partial charge in [-0.05, 0) is 60.2 Å². The Kier molecular flexibility index (Phi) is 6.93. The normalized spacial score (nSPS) is 20.1. The predicted octanol–water partition coefficient (Wildman–Crippen LogP) is 6.13. The number of ether oxygens (including phenoxy) is 2. The quantitative estimate of drug-likeness (QED) is 0.269. The average molecular weight is 600 g/mol. The first-order valence-electron chi connectivity index (χ1n) is 11.9. The Morgan fingerprint density at radius 1 is 0.949 bits per heavy atom. The van der Waals surface area contributed by atoms with E-state index in [0.717, 1.165) is 16.9 Å². The highest BCUT2D eigenvalue weighted by Gasteiger charge is 2.56.